The molecule has 3 heterocycles. The van der Waals surface area contributed by atoms with Gasteiger partial charge in [0.15, 0.2) is 5.79 Å². The van der Waals surface area contributed by atoms with Gasteiger partial charge in [0.1, 0.15) is 12.2 Å². The molecule has 7 heteroatoms. The van der Waals surface area contributed by atoms with Gasteiger partial charge in [0, 0.05) is 25.5 Å². The lowest BCUT2D eigenvalue weighted by Crippen LogP contribution is -2.45. The molecule has 6 atom stereocenters. The Morgan fingerprint density at radius 1 is 1.41 bits per heavy atom. The Morgan fingerprint density at radius 2 is 2.07 bits per heavy atom. The first-order valence-corrected chi connectivity index (χ1v) is 9.25. The fourth-order valence-electron chi connectivity index (χ4n) is 4.14. The van der Waals surface area contributed by atoms with Gasteiger partial charge in [-0.15, -0.1) is 0 Å². The van der Waals surface area contributed by atoms with Crippen molar-refractivity contribution in [2.24, 2.45) is 11.8 Å². The molecule has 2 saturated heterocycles. The van der Waals surface area contributed by atoms with Gasteiger partial charge in [-0.3, -0.25) is 4.79 Å². The number of carbonyl (C=O) groups excluding carboxylic acids is 2. The first-order valence-electron chi connectivity index (χ1n) is 9.25. The Balaban J connectivity index is 2.08. The van der Waals surface area contributed by atoms with Crippen LogP contribution >= 0.6 is 0 Å². The lowest BCUT2D eigenvalue weighted by Gasteiger charge is -2.35. The molecule has 0 aromatic heterocycles. The Labute approximate surface area is 159 Å². The molecule has 3 rings (SSSR count). The van der Waals surface area contributed by atoms with Gasteiger partial charge in [-0.05, 0) is 25.5 Å². The van der Waals surface area contributed by atoms with E-state index in [4.69, 9.17) is 18.9 Å². The van der Waals surface area contributed by atoms with E-state index in [1.165, 1.54) is 7.11 Å². The Morgan fingerprint density at radius 3 is 2.67 bits per heavy atom. The minimum absolute atomic E-state index is 0.190. The van der Waals surface area contributed by atoms with E-state index < -0.39 is 41.6 Å². The molecule has 0 aliphatic carbocycles. The molecule has 150 valence electrons. The van der Waals surface area contributed by atoms with Crippen molar-refractivity contribution in [1.29, 1.82) is 0 Å². The van der Waals surface area contributed by atoms with Gasteiger partial charge < -0.3 is 24.1 Å². The van der Waals surface area contributed by atoms with Crippen molar-refractivity contribution >= 4 is 11.9 Å². The normalized spacial score (nSPS) is 43.3. The molecule has 27 heavy (non-hydrogen) atoms. The van der Waals surface area contributed by atoms with Crippen molar-refractivity contribution in [3.63, 3.8) is 0 Å². The van der Waals surface area contributed by atoms with Crippen LogP contribution in [0.15, 0.2) is 23.8 Å². The van der Waals surface area contributed by atoms with Crippen molar-refractivity contribution in [3.8, 4) is 0 Å². The van der Waals surface area contributed by atoms with E-state index in [1.54, 1.807) is 26.8 Å². The maximum absolute atomic E-state index is 12.3. The summed E-state index contributed by atoms with van der Waals surface area (Å²) in [6.45, 7) is 10.9. The van der Waals surface area contributed by atoms with Crippen LogP contribution in [0, 0.1) is 11.8 Å². The van der Waals surface area contributed by atoms with Gasteiger partial charge in [-0.1, -0.05) is 20.4 Å². The quantitative estimate of drug-likeness (QED) is 0.454. The Hall–Kier alpha value is -1.70. The highest BCUT2D eigenvalue weighted by atomic mass is 16.7. The summed E-state index contributed by atoms with van der Waals surface area (Å²) in [7, 11) is 1.51. The third-order valence-electron chi connectivity index (χ3n) is 5.92. The summed E-state index contributed by atoms with van der Waals surface area (Å²) < 4.78 is 23.1. The summed E-state index contributed by atoms with van der Waals surface area (Å²) in [5.74, 6) is -2.90. The van der Waals surface area contributed by atoms with Crippen LogP contribution in [0.1, 0.15) is 40.5 Å². The molecule has 3 aliphatic rings. The zero-order valence-corrected chi connectivity index (χ0v) is 16.5. The summed E-state index contributed by atoms with van der Waals surface area (Å²) in [5, 5.41) is 10.7. The highest BCUT2D eigenvalue weighted by Gasteiger charge is 2.59. The number of methoxy groups -OCH3 is 1. The number of esters is 2. The zero-order valence-electron chi connectivity index (χ0n) is 16.5. The second-order valence-corrected chi connectivity index (χ2v) is 8.20. The van der Waals surface area contributed by atoms with E-state index in [0.29, 0.717) is 5.57 Å². The number of aliphatic hydroxyl groups excluding tert-OH is 1. The molecule has 0 aromatic carbocycles. The van der Waals surface area contributed by atoms with E-state index in [0.717, 1.165) is 0 Å². The average molecular weight is 380 g/mol. The summed E-state index contributed by atoms with van der Waals surface area (Å²) in [5.41, 5.74) is -0.0672. The van der Waals surface area contributed by atoms with E-state index in [-0.39, 0.29) is 30.3 Å². The molecule has 2 fully saturated rings. The average Bonchev–Trinajstić information content (AvgIpc) is 3.01. The largest absolute Gasteiger partial charge is 0.461 e. The van der Waals surface area contributed by atoms with Crippen LogP contribution in [0.4, 0.5) is 0 Å². The third-order valence-corrected chi connectivity index (χ3v) is 5.92. The van der Waals surface area contributed by atoms with Gasteiger partial charge in [0.2, 0.25) is 0 Å². The number of ether oxygens (including phenoxy) is 4. The summed E-state index contributed by atoms with van der Waals surface area (Å²) in [6.07, 6.45) is -0.00721. The monoisotopic (exact) mass is 380 g/mol. The Bertz CT molecular complexity index is 696. The number of carbonyl (C=O) groups is 2. The second kappa shape index (κ2) is 6.72. The van der Waals surface area contributed by atoms with Gasteiger partial charge in [-0.25, -0.2) is 4.79 Å². The van der Waals surface area contributed by atoms with E-state index in [2.05, 4.69) is 6.58 Å². The second-order valence-electron chi connectivity index (χ2n) is 8.20. The fraction of sp³-hybridized carbons (Fsp3) is 0.700. The lowest BCUT2D eigenvalue weighted by atomic mass is 9.80. The predicted octanol–water partition coefficient (Wildman–Crippen LogP) is 1.88. The van der Waals surface area contributed by atoms with Crippen molar-refractivity contribution in [2.75, 3.05) is 7.11 Å². The van der Waals surface area contributed by atoms with Crippen LogP contribution in [0.25, 0.3) is 0 Å². The van der Waals surface area contributed by atoms with Crippen molar-refractivity contribution in [3.05, 3.63) is 23.8 Å². The highest BCUT2D eigenvalue weighted by Crippen LogP contribution is 2.49. The minimum atomic E-state index is -1.12. The van der Waals surface area contributed by atoms with Crippen LogP contribution in [-0.4, -0.2) is 53.9 Å². The standard InChI is InChI=1S/C20H28O7/c1-10(2)17(22)26-14-8-19(5)15(21)9-20(24-6,27-19)11(3)7-13-16(14)12(4)18(23)25-13/h7,10,13-16,21H,4,8-9H2,1-3,5-6H3/b11-7-/t13-,14+,15-,16?,19+,20-/m0/s1. The molecule has 0 spiro atoms. The lowest BCUT2D eigenvalue weighted by molar-refractivity contribution is -0.223. The molecule has 7 nitrogen and oxygen atoms in total. The maximum Gasteiger partial charge on any atom is 0.334 e. The number of fused-ring (bicyclic) bond motifs is 3. The SMILES string of the molecule is C=C1C(=O)O[C@H]2/C=C(/C)[C@]3(OC)C[C@H](O)[C@@](C)(C[C@@H](OC(=O)C(C)C)C12)O3. The number of rotatable bonds is 3. The number of hydrogen-bond acceptors (Lipinski definition) is 7. The number of aliphatic hydroxyl groups is 1. The molecule has 1 unspecified atom stereocenters. The fourth-order valence-corrected chi connectivity index (χ4v) is 4.14. The van der Waals surface area contributed by atoms with Gasteiger partial charge >= 0.3 is 11.9 Å². The smallest absolute Gasteiger partial charge is 0.334 e. The van der Waals surface area contributed by atoms with Crippen LogP contribution in [0.2, 0.25) is 0 Å². The summed E-state index contributed by atoms with van der Waals surface area (Å²) >= 11 is 0. The van der Waals surface area contributed by atoms with Crippen molar-refractivity contribution < 1.29 is 33.6 Å². The van der Waals surface area contributed by atoms with Crippen LogP contribution in [0.5, 0.6) is 0 Å². The molecular weight excluding hydrogens is 352 g/mol. The topological polar surface area (TPSA) is 91.3 Å². The predicted molar refractivity (Wildman–Crippen MR) is 95.5 cm³/mol. The maximum atomic E-state index is 12.3. The molecule has 3 aliphatic heterocycles. The molecular formula is C20H28O7. The van der Waals surface area contributed by atoms with Gasteiger partial charge in [0.25, 0.3) is 0 Å². The molecule has 1 N–H and O–H groups in total. The minimum Gasteiger partial charge on any atom is -0.461 e. The molecule has 0 radical (unpaired) electrons. The molecule has 0 aromatic rings. The molecule has 2 bridgehead atoms. The van der Waals surface area contributed by atoms with Gasteiger partial charge in [-0.2, -0.15) is 0 Å². The van der Waals surface area contributed by atoms with Crippen LogP contribution in [0.3, 0.4) is 0 Å². The third kappa shape index (κ3) is 3.22. The first-order chi connectivity index (χ1) is 12.5. The van der Waals surface area contributed by atoms with Crippen LogP contribution in [-0.2, 0) is 28.5 Å². The van der Waals surface area contributed by atoms with Gasteiger partial charge in [0.05, 0.1) is 23.5 Å². The van der Waals surface area contributed by atoms with Crippen LogP contribution < -0.4 is 0 Å². The first kappa shape index (κ1) is 20.0. The van der Waals surface area contributed by atoms with E-state index >= 15 is 0 Å². The van der Waals surface area contributed by atoms with E-state index in [9.17, 15) is 14.7 Å². The van der Waals surface area contributed by atoms with E-state index in [1.807, 2.05) is 6.92 Å². The molecule has 0 saturated carbocycles. The highest BCUT2D eigenvalue weighted by molar-refractivity contribution is 5.91. The zero-order chi connectivity index (χ0) is 20.1. The Kier molecular flexibility index (Phi) is 4.99. The number of hydrogen-bond donors (Lipinski definition) is 1. The van der Waals surface area contributed by atoms with Crippen molar-refractivity contribution in [1.82, 2.24) is 0 Å². The van der Waals surface area contributed by atoms with Crippen molar-refractivity contribution in [2.45, 2.75) is 70.2 Å². The summed E-state index contributed by atoms with van der Waals surface area (Å²) in [4.78, 5) is 24.5. The summed E-state index contributed by atoms with van der Waals surface area (Å²) in [6, 6.07) is 0. The molecule has 0 amide bonds.